The van der Waals surface area contributed by atoms with Crippen molar-refractivity contribution in [2.45, 2.75) is 33.1 Å². The van der Waals surface area contributed by atoms with E-state index in [0.717, 1.165) is 50.3 Å². The van der Waals surface area contributed by atoms with Crippen LogP contribution in [0.5, 0.6) is 0 Å². The highest BCUT2D eigenvalue weighted by molar-refractivity contribution is 5.92. The molecule has 1 aromatic carbocycles. The zero-order valence-corrected chi connectivity index (χ0v) is 12.6. The van der Waals surface area contributed by atoms with Crippen molar-refractivity contribution in [1.29, 1.82) is 0 Å². The monoisotopic (exact) mass is 278 g/mol. The van der Waals surface area contributed by atoms with Gasteiger partial charge in [0.25, 0.3) is 0 Å². The van der Waals surface area contributed by atoms with Gasteiger partial charge in [0.1, 0.15) is 0 Å². The van der Waals surface area contributed by atoms with Crippen molar-refractivity contribution in [3.63, 3.8) is 0 Å². The van der Waals surface area contributed by atoms with Gasteiger partial charge >= 0.3 is 0 Å². The standard InChI is InChI=1S/C16H26N2O2/c1-3-4-11-20-12-7-10-17-13-16(19)18-15-9-6-5-8-14(15)2/h5-6,8-9,17H,3-4,7,10-13H2,1-2H3,(H,18,19). The fourth-order valence-corrected chi connectivity index (χ4v) is 1.76. The highest BCUT2D eigenvalue weighted by Gasteiger charge is 2.03. The third-order valence-corrected chi connectivity index (χ3v) is 2.99. The first kappa shape index (κ1) is 16.7. The van der Waals surface area contributed by atoms with Gasteiger partial charge in [0.2, 0.25) is 5.91 Å². The van der Waals surface area contributed by atoms with Gasteiger partial charge in [0, 0.05) is 18.9 Å². The first-order chi connectivity index (χ1) is 9.74. The molecule has 0 radical (unpaired) electrons. The minimum atomic E-state index is -0.00815. The maximum atomic E-state index is 11.7. The highest BCUT2D eigenvalue weighted by atomic mass is 16.5. The van der Waals surface area contributed by atoms with E-state index in [1.807, 2.05) is 31.2 Å². The van der Waals surface area contributed by atoms with E-state index in [2.05, 4.69) is 17.6 Å². The molecule has 0 saturated carbocycles. The average Bonchev–Trinajstić information content (AvgIpc) is 2.44. The van der Waals surface area contributed by atoms with Crippen LogP contribution in [0.2, 0.25) is 0 Å². The van der Waals surface area contributed by atoms with Crippen molar-refractivity contribution in [1.82, 2.24) is 5.32 Å². The Labute approximate surface area is 121 Å². The van der Waals surface area contributed by atoms with E-state index in [1.165, 1.54) is 0 Å². The molecule has 0 fully saturated rings. The number of carbonyl (C=O) groups excluding carboxylic acids is 1. The van der Waals surface area contributed by atoms with E-state index >= 15 is 0 Å². The summed E-state index contributed by atoms with van der Waals surface area (Å²) in [5.41, 5.74) is 1.95. The van der Waals surface area contributed by atoms with E-state index in [-0.39, 0.29) is 5.91 Å². The molecule has 0 aromatic heterocycles. The maximum Gasteiger partial charge on any atom is 0.238 e. The van der Waals surface area contributed by atoms with E-state index in [4.69, 9.17) is 4.74 Å². The molecule has 0 aliphatic heterocycles. The molecule has 1 aromatic rings. The molecule has 4 nitrogen and oxygen atoms in total. The van der Waals surface area contributed by atoms with Crippen molar-refractivity contribution in [3.05, 3.63) is 29.8 Å². The number of hydrogen-bond acceptors (Lipinski definition) is 3. The van der Waals surface area contributed by atoms with E-state index in [1.54, 1.807) is 0 Å². The number of ether oxygens (including phenoxy) is 1. The molecule has 0 aliphatic carbocycles. The molecular weight excluding hydrogens is 252 g/mol. The number of unbranched alkanes of at least 4 members (excludes halogenated alkanes) is 1. The van der Waals surface area contributed by atoms with Crippen molar-refractivity contribution in [2.24, 2.45) is 0 Å². The normalized spacial score (nSPS) is 10.5. The molecule has 0 atom stereocenters. The van der Waals surface area contributed by atoms with Crippen LogP contribution in [-0.2, 0) is 9.53 Å². The Hall–Kier alpha value is -1.39. The molecule has 0 heterocycles. The van der Waals surface area contributed by atoms with Crippen LogP contribution in [0.4, 0.5) is 5.69 Å². The molecule has 0 aliphatic rings. The van der Waals surface area contributed by atoms with Crippen LogP contribution in [0.3, 0.4) is 0 Å². The molecule has 0 saturated heterocycles. The summed E-state index contributed by atoms with van der Waals surface area (Å²) in [5, 5.41) is 6.02. The van der Waals surface area contributed by atoms with Gasteiger partial charge in [-0.1, -0.05) is 31.5 Å². The minimum absolute atomic E-state index is 0.00815. The van der Waals surface area contributed by atoms with Gasteiger partial charge in [-0.3, -0.25) is 4.79 Å². The van der Waals surface area contributed by atoms with E-state index < -0.39 is 0 Å². The van der Waals surface area contributed by atoms with Crippen molar-refractivity contribution in [2.75, 3.05) is 31.6 Å². The molecule has 4 heteroatoms. The Morgan fingerprint density at radius 1 is 1.20 bits per heavy atom. The summed E-state index contributed by atoms with van der Waals surface area (Å²) in [5.74, 6) is -0.00815. The van der Waals surface area contributed by atoms with Crippen LogP contribution < -0.4 is 10.6 Å². The summed E-state index contributed by atoms with van der Waals surface area (Å²) < 4.78 is 5.45. The Kier molecular flexibility index (Phi) is 8.67. The molecule has 20 heavy (non-hydrogen) atoms. The van der Waals surface area contributed by atoms with Crippen LogP contribution >= 0.6 is 0 Å². The lowest BCUT2D eigenvalue weighted by Crippen LogP contribution is -2.29. The summed E-state index contributed by atoms with van der Waals surface area (Å²) in [6.07, 6.45) is 3.21. The van der Waals surface area contributed by atoms with E-state index in [9.17, 15) is 4.79 Å². The topological polar surface area (TPSA) is 50.4 Å². The molecule has 0 bridgehead atoms. The summed E-state index contributed by atoms with van der Waals surface area (Å²) in [6, 6.07) is 7.77. The second-order valence-electron chi connectivity index (χ2n) is 4.86. The lowest BCUT2D eigenvalue weighted by atomic mass is 10.2. The Bertz CT molecular complexity index is 394. The van der Waals surface area contributed by atoms with Crippen molar-refractivity contribution in [3.8, 4) is 0 Å². The van der Waals surface area contributed by atoms with Gasteiger partial charge in [-0.15, -0.1) is 0 Å². The summed E-state index contributed by atoms with van der Waals surface area (Å²) >= 11 is 0. The van der Waals surface area contributed by atoms with Crippen LogP contribution in [0.1, 0.15) is 31.7 Å². The number of aryl methyl sites for hydroxylation is 1. The largest absolute Gasteiger partial charge is 0.381 e. The summed E-state index contributed by atoms with van der Waals surface area (Å²) in [4.78, 5) is 11.7. The van der Waals surface area contributed by atoms with Gasteiger partial charge in [-0.2, -0.15) is 0 Å². The van der Waals surface area contributed by atoms with Gasteiger partial charge in [-0.25, -0.2) is 0 Å². The van der Waals surface area contributed by atoms with Gasteiger partial charge in [0.05, 0.1) is 6.54 Å². The van der Waals surface area contributed by atoms with Crippen LogP contribution in [0.25, 0.3) is 0 Å². The molecule has 0 unspecified atom stereocenters. The third kappa shape index (κ3) is 7.26. The molecule has 0 spiro atoms. The number of nitrogens with one attached hydrogen (secondary N) is 2. The molecule has 112 valence electrons. The SMILES string of the molecule is CCCCOCCCNCC(=O)Nc1ccccc1C. The first-order valence-corrected chi connectivity index (χ1v) is 7.38. The predicted octanol–water partition coefficient (Wildman–Crippen LogP) is 2.73. The number of anilines is 1. The Morgan fingerprint density at radius 3 is 2.70 bits per heavy atom. The second-order valence-corrected chi connectivity index (χ2v) is 4.86. The fraction of sp³-hybridized carbons (Fsp3) is 0.562. The number of benzene rings is 1. The predicted molar refractivity (Wildman–Crippen MR) is 83.0 cm³/mol. The lowest BCUT2D eigenvalue weighted by Gasteiger charge is -2.09. The lowest BCUT2D eigenvalue weighted by molar-refractivity contribution is -0.115. The molecule has 1 rings (SSSR count). The zero-order valence-electron chi connectivity index (χ0n) is 12.6. The number of hydrogen-bond donors (Lipinski definition) is 2. The number of rotatable bonds is 10. The van der Waals surface area contributed by atoms with Crippen LogP contribution in [0, 0.1) is 6.92 Å². The number of amides is 1. The summed E-state index contributed by atoms with van der Waals surface area (Å²) in [6.45, 7) is 6.86. The average molecular weight is 278 g/mol. The second kappa shape index (κ2) is 10.4. The molecular formula is C16H26N2O2. The smallest absolute Gasteiger partial charge is 0.238 e. The molecule has 2 N–H and O–H groups in total. The number of carbonyl (C=O) groups is 1. The zero-order chi connectivity index (χ0) is 14.6. The van der Waals surface area contributed by atoms with Crippen molar-refractivity contribution < 1.29 is 9.53 Å². The maximum absolute atomic E-state index is 11.7. The van der Waals surface area contributed by atoms with Crippen molar-refractivity contribution >= 4 is 11.6 Å². The molecule has 1 amide bonds. The Balaban J connectivity index is 2.05. The first-order valence-electron chi connectivity index (χ1n) is 7.38. The Morgan fingerprint density at radius 2 is 1.95 bits per heavy atom. The highest BCUT2D eigenvalue weighted by Crippen LogP contribution is 2.12. The summed E-state index contributed by atoms with van der Waals surface area (Å²) in [7, 11) is 0. The number of para-hydroxylation sites is 1. The quantitative estimate of drug-likeness (QED) is 0.647. The van der Waals surface area contributed by atoms with Gasteiger partial charge in [-0.05, 0) is 37.9 Å². The van der Waals surface area contributed by atoms with Gasteiger partial charge in [0.15, 0.2) is 0 Å². The third-order valence-electron chi connectivity index (χ3n) is 2.99. The van der Waals surface area contributed by atoms with Crippen LogP contribution in [0.15, 0.2) is 24.3 Å². The van der Waals surface area contributed by atoms with Gasteiger partial charge < -0.3 is 15.4 Å². The van der Waals surface area contributed by atoms with E-state index in [0.29, 0.717) is 6.54 Å². The minimum Gasteiger partial charge on any atom is -0.381 e. The fourth-order valence-electron chi connectivity index (χ4n) is 1.76. The van der Waals surface area contributed by atoms with Crippen LogP contribution in [-0.4, -0.2) is 32.2 Å².